The van der Waals surface area contributed by atoms with Crippen molar-refractivity contribution in [2.24, 2.45) is 0 Å². The van der Waals surface area contributed by atoms with Crippen molar-refractivity contribution in [2.45, 2.75) is 6.18 Å². The lowest BCUT2D eigenvalue weighted by Gasteiger charge is -2.06. The summed E-state index contributed by atoms with van der Waals surface area (Å²) < 4.78 is 35.3. The molecule has 1 aromatic rings. The van der Waals surface area contributed by atoms with Gasteiger partial charge >= 0.3 is 6.18 Å². The zero-order chi connectivity index (χ0) is 12.7. The molecule has 0 aliphatic rings. The van der Waals surface area contributed by atoms with Gasteiger partial charge in [0.15, 0.2) is 0 Å². The minimum absolute atomic E-state index is 0.175. The predicted octanol–water partition coefficient (Wildman–Crippen LogP) is 1.50. The number of alkyl halides is 3. The third-order valence-corrected chi connectivity index (χ3v) is 2.64. The fourth-order valence-corrected chi connectivity index (χ4v) is 1.57. The van der Waals surface area contributed by atoms with Gasteiger partial charge in [0.2, 0.25) is 0 Å². The summed E-state index contributed by atoms with van der Waals surface area (Å²) in [5, 5.41) is 2.48. The highest BCUT2D eigenvalue weighted by molar-refractivity contribution is 7.99. The van der Waals surface area contributed by atoms with Crippen LogP contribution in [-0.4, -0.2) is 40.1 Å². The first-order valence-corrected chi connectivity index (χ1v) is 5.82. The van der Waals surface area contributed by atoms with E-state index in [-0.39, 0.29) is 17.9 Å². The molecule has 8 heteroatoms. The van der Waals surface area contributed by atoms with Crippen molar-refractivity contribution in [1.82, 2.24) is 15.3 Å². The van der Waals surface area contributed by atoms with Crippen LogP contribution in [0.2, 0.25) is 0 Å². The molecule has 0 aliphatic heterocycles. The molecular weight excluding hydrogens is 255 g/mol. The molecule has 1 rings (SSSR count). The van der Waals surface area contributed by atoms with Crippen LogP contribution in [-0.2, 0) is 0 Å². The van der Waals surface area contributed by atoms with E-state index < -0.39 is 17.8 Å². The number of halogens is 3. The Morgan fingerprint density at radius 3 is 2.59 bits per heavy atom. The lowest BCUT2D eigenvalue weighted by Crippen LogP contribution is -2.26. The third-order valence-electron chi connectivity index (χ3n) is 1.62. The number of nitrogens with one attached hydrogen (secondary N) is 1. The Morgan fingerprint density at radius 1 is 1.35 bits per heavy atom. The van der Waals surface area contributed by atoms with Gasteiger partial charge < -0.3 is 5.32 Å². The molecule has 1 heterocycles. The van der Waals surface area contributed by atoms with Crippen LogP contribution in [0.25, 0.3) is 0 Å². The Bertz CT molecular complexity index is 358. The van der Waals surface area contributed by atoms with Crippen LogP contribution in [0.1, 0.15) is 10.4 Å². The summed E-state index contributed by atoms with van der Waals surface area (Å²) in [6.07, 6.45) is -0.200. The molecule has 0 saturated heterocycles. The Kier molecular flexibility index (Phi) is 5.20. The van der Waals surface area contributed by atoms with E-state index in [0.717, 1.165) is 11.8 Å². The Hall–Kier alpha value is -1.31. The third kappa shape index (κ3) is 6.10. The van der Waals surface area contributed by atoms with Crippen LogP contribution in [0.3, 0.4) is 0 Å². The van der Waals surface area contributed by atoms with Crippen molar-refractivity contribution in [3.8, 4) is 0 Å². The summed E-state index contributed by atoms with van der Waals surface area (Å²) in [6, 6.07) is 0. The Morgan fingerprint density at radius 2 is 2.00 bits per heavy atom. The average molecular weight is 265 g/mol. The average Bonchev–Trinajstić information content (AvgIpc) is 2.28. The number of amides is 1. The number of rotatable bonds is 5. The first kappa shape index (κ1) is 13.8. The highest BCUT2D eigenvalue weighted by atomic mass is 32.2. The largest absolute Gasteiger partial charge is 0.397 e. The van der Waals surface area contributed by atoms with Crippen LogP contribution < -0.4 is 5.32 Å². The molecule has 0 fully saturated rings. The van der Waals surface area contributed by atoms with E-state index in [2.05, 4.69) is 15.3 Å². The molecule has 17 heavy (non-hydrogen) atoms. The highest BCUT2D eigenvalue weighted by Crippen LogP contribution is 2.20. The molecule has 0 aromatic carbocycles. The summed E-state index contributed by atoms with van der Waals surface area (Å²) in [7, 11) is 0. The maximum absolute atomic E-state index is 11.8. The summed E-state index contributed by atoms with van der Waals surface area (Å²) in [5.74, 6) is -1.09. The first-order chi connectivity index (χ1) is 7.99. The van der Waals surface area contributed by atoms with Gasteiger partial charge in [0, 0.05) is 24.7 Å². The van der Waals surface area contributed by atoms with Crippen molar-refractivity contribution >= 4 is 17.7 Å². The van der Waals surface area contributed by atoms with Gasteiger partial charge in [-0.2, -0.15) is 24.9 Å². The summed E-state index contributed by atoms with van der Waals surface area (Å²) in [6.45, 7) is 0.175. The van der Waals surface area contributed by atoms with E-state index in [0.29, 0.717) is 0 Å². The van der Waals surface area contributed by atoms with Crippen LogP contribution in [0.15, 0.2) is 18.7 Å². The predicted molar refractivity (Wildman–Crippen MR) is 57.7 cm³/mol. The topological polar surface area (TPSA) is 54.9 Å². The van der Waals surface area contributed by atoms with Crippen molar-refractivity contribution in [2.75, 3.05) is 18.1 Å². The van der Waals surface area contributed by atoms with Crippen molar-refractivity contribution in [3.05, 3.63) is 24.3 Å². The zero-order valence-corrected chi connectivity index (χ0v) is 9.51. The Labute approximate surface area is 100 Å². The van der Waals surface area contributed by atoms with Crippen molar-refractivity contribution < 1.29 is 18.0 Å². The maximum atomic E-state index is 11.8. The van der Waals surface area contributed by atoms with Gasteiger partial charge in [-0.1, -0.05) is 0 Å². The molecule has 0 spiro atoms. The van der Waals surface area contributed by atoms with Gasteiger partial charge in [0.25, 0.3) is 5.91 Å². The van der Waals surface area contributed by atoms with Crippen LogP contribution in [0, 0.1) is 0 Å². The van der Waals surface area contributed by atoms with Crippen LogP contribution in [0.4, 0.5) is 13.2 Å². The summed E-state index contributed by atoms with van der Waals surface area (Å²) in [4.78, 5) is 18.7. The molecule has 1 N–H and O–H groups in total. The van der Waals surface area contributed by atoms with E-state index in [9.17, 15) is 18.0 Å². The highest BCUT2D eigenvalue weighted by Gasteiger charge is 2.26. The number of aromatic nitrogens is 2. The molecule has 4 nitrogen and oxygen atoms in total. The molecule has 94 valence electrons. The van der Waals surface area contributed by atoms with E-state index in [1.807, 2.05) is 0 Å². The second-order valence-corrected chi connectivity index (χ2v) is 4.16. The van der Waals surface area contributed by atoms with Crippen molar-refractivity contribution in [3.63, 3.8) is 0 Å². The molecule has 0 saturated carbocycles. The second-order valence-electron chi connectivity index (χ2n) is 3.05. The van der Waals surface area contributed by atoms with Gasteiger partial charge in [0.1, 0.15) is 6.33 Å². The van der Waals surface area contributed by atoms with Gasteiger partial charge in [-0.05, 0) is 0 Å². The molecular formula is C9H10F3N3OS. The van der Waals surface area contributed by atoms with E-state index >= 15 is 0 Å². The molecule has 0 aliphatic carbocycles. The number of hydrogen-bond donors (Lipinski definition) is 1. The first-order valence-electron chi connectivity index (χ1n) is 4.67. The minimum atomic E-state index is -4.16. The molecule has 0 bridgehead atoms. The monoisotopic (exact) mass is 265 g/mol. The van der Waals surface area contributed by atoms with E-state index in [1.165, 1.54) is 18.7 Å². The number of hydrogen-bond acceptors (Lipinski definition) is 4. The summed E-state index contributed by atoms with van der Waals surface area (Å²) >= 11 is 0.726. The standard InChI is InChI=1S/C9H10F3N3OS/c10-9(11,12)5-17-2-1-15-8(16)7-3-13-6-14-4-7/h3-4,6H,1-2,5H2,(H,15,16). The van der Waals surface area contributed by atoms with E-state index in [1.54, 1.807) is 0 Å². The summed E-state index contributed by atoms with van der Waals surface area (Å²) in [5.41, 5.74) is 0.285. The van der Waals surface area contributed by atoms with Gasteiger partial charge in [-0.25, -0.2) is 9.97 Å². The minimum Gasteiger partial charge on any atom is -0.351 e. The van der Waals surface area contributed by atoms with E-state index in [4.69, 9.17) is 0 Å². The van der Waals surface area contributed by atoms with Crippen LogP contribution >= 0.6 is 11.8 Å². The fourth-order valence-electron chi connectivity index (χ4n) is 0.943. The SMILES string of the molecule is O=C(NCCSCC(F)(F)F)c1cncnc1. The number of carbonyl (C=O) groups is 1. The molecule has 0 radical (unpaired) electrons. The normalized spacial score (nSPS) is 11.2. The molecule has 0 unspecified atom stereocenters. The fraction of sp³-hybridized carbons (Fsp3) is 0.444. The molecule has 0 atom stereocenters. The Balaban J connectivity index is 2.18. The van der Waals surface area contributed by atoms with Crippen molar-refractivity contribution in [1.29, 1.82) is 0 Å². The quantitative estimate of drug-likeness (QED) is 0.820. The van der Waals surface area contributed by atoms with Gasteiger partial charge in [-0.3, -0.25) is 4.79 Å². The smallest absolute Gasteiger partial charge is 0.351 e. The zero-order valence-electron chi connectivity index (χ0n) is 8.70. The van der Waals surface area contributed by atoms with Crippen LogP contribution in [0.5, 0.6) is 0 Å². The number of thioether (sulfide) groups is 1. The lowest BCUT2D eigenvalue weighted by atomic mass is 10.3. The maximum Gasteiger partial charge on any atom is 0.397 e. The number of nitrogens with zero attached hydrogens (tertiary/aromatic N) is 2. The number of carbonyl (C=O) groups excluding carboxylic acids is 1. The molecule has 1 aromatic heterocycles. The second kappa shape index (κ2) is 6.43. The van der Waals surface area contributed by atoms with Gasteiger partial charge in [0.05, 0.1) is 11.3 Å². The lowest BCUT2D eigenvalue weighted by molar-refractivity contribution is -0.105. The molecule has 1 amide bonds. The van der Waals surface area contributed by atoms with Gasteiger partial charge in [-0.15, -0.1) is 0 Å².